The molecule has 0 saturated heterocycles. The van der Waals surface area contributed by atoms with E-state index in [9.17, 15) is 4.79 Å². The van der Waals surface area contributed by atoms with Gasteiger partial charge in [0.2, 0.25) is 5.91 Å². The van der Waals surface area contributed by atoms with Crippen LogP contribution in [-0.4, -0.2) is 19.1 Å². The maximum absolute atomic E-state index is 12.3. The number of hydrogen-bond donors (Lipinski definition) is 2. The van der Waals surface area contributed by atoms with E-state index in [1.54, 1.807) is 32.2 Å². The summed E-state index contributed by atoms with van der Waals surface area (Å²) in [6.45, 7) is 3.91. The summed E-state index contributed by atoms with van der Waals surface area (Å²) in [5.74, 6) is 0.410. The molecule has 2 aromatic rings. The standard InChI is InChI=1S/C18H21ClN2O2/c1-4-13-5-8-15(9-6-13)20-12(2)18(22)21-16-11-14(19)7-10-17(16)23-3/h5-12,20H,4H2,1-3H3,(H,21,22)/t12-/m1/s1. The topological polar surface area (TPSA) is 50.4 Å². The molecule has 0 aliphatic rings. The van der Waals surface area contributed by atoms with Crippen LogP contribution in [0.25, 0.3) is 0 Å². The van der Waals surface area contributed by atoms with Gasteiger partial charge in [-0.05, 0) is 49.2 Å². The lowest BCUT2D eigenvalue weighted by atomic mass is 10.1. The third-order valence-electron chi connectivity index (χ3n) is 3.56. The van der Waals surface area contributed by atoms with Crippen molar-refractivity contribution in [2.45, 2.75) is 26.3 Å². The second-order valence-electron chi connectivity index (χ2n) is 5.25. The number of benzene rings is 2. The molecular formula is C18H21ClN2O2. The smallest absolute Gasteiger partial charge is 0.246 e. The Morgan fingerprint density at radius 1 is 1.22 bits per heavy atom. The fourth-order valence-electron chi connectivity index (χ4n) is 2.17. The number of ether oxygens (including phenoxy) is 1. The number of aryl methyl sites for hydroxylation is 1. The van der Waals surface area contributed by atoms with Gasteiger partial charge in [-0.25, -0.2) is 0 Å². The van der Waals surface area contributed by atoms with Crippen molar-refractivity contribution >= 4 is 28.9 Å². The zero-order chi connectivity index (χ0) is 16.8. The summed E-state index contributed by atoms with van der Waals surface area (Å²) in [5, 5.41) is 6.55. The van der Waals surface area contributed by atoms with Crippen LogP contribution in [-0.2, 0) is 11.2 Å². The van der Waals surface area contributed by atoms with Gasteiger partial charge in [-0.2, -0.15) is 0 Å². The lowest BCUT2D eigenvalue weighted by Gasteiger charge is -2.17. The van der Waals surface area contributed by atoms with Crippen LogP contribution in [0.15, 0.2) is 42.5 Å². The van der Waals surface area contributed by atoms with Gasteiger partial charge in [0.15, 0.2) is 0 Å². The summed E-state index contributed by atoms with van der Waals surface area (Å²) in [4.78, 5) is 12.3. The molecule has 0 saturated carbocycles. The van der Waals surface area contributed by atoms with Gasteiger partial charge in [-0.3, -0.25) is 4.79 Å². The molecule has 0 fully saturated rings. The number of hydrogen-bond acceptors (Lipinski definition) is 3. The fraction of sp³-hybridized carbons (Fsp3) is 0.278. The predicted molar refractivity (Wildman–Crippen MR) is 95.5 cm³/mol. The molecule has 0 aromatic heterocycles. The van der Waals surface area contributed by atoms with Crippen LogP contribution in [0.4, 0.5) is 11.4 Å². The van der Waals surface area contributed by atoms with E-state index in [4.69, 9.17) is 16.3 Å². The van der Waals surface area contributed by atoms with Crippen LogP contribution in [0.2, 0.25) is 5.02 Å². The Balaban J connectivity index is 2.03. The lowest BCUT2D eigenvalue weighted by molar-refractivity contribution is -0.116. The molecule has 0 aliphatic carbocycles. The Morgan fingerprint density at radius 3 is 2.52 bits per heavy atom. The van der Waals surface area contributed by atoms with Crippen molar-refractivity contribution in [1.82, 2.24) is 0 Å². The van der Waals surface area contributed by atoms with E-state index < -0.39 is 6.04 Å². The number of halogens is 1. The van der Waals surface area contributed by atoms with E-state index in [1.165, 1.54) is 5.56 Å². The highest BCUT2D eigenvalue weighted by Crippen LogP contribution is 2.27. The summed E-state index contributed by atoms with van der Waals surface area (Å²) >= 11 is 5.97. The zero-order valence-electron chi connectivity index (χ0n) is 13.5. The average Bonchev–Trinajstić information content (AvgIpc) is 2.55. The highest BCUT2D eigenvalue weighted by atomic mass is 35.5. The van der Waals surface area contributed by atoms with Gasteiger partial charge in [-0.15, -0.1) is 0 Å². The molecule has 1 amide bonds. The van der Waals surface area contributed by atoms with Gasteiger partial charge in [-0.1, -0.05) is 30.7 Å². The molecule has 23 heavy (non-hydrogen) atoms. The number of carbonyl (C=O) groups excluding carboxylic acids is 1. The summed E-state index contributed by atoms with van der Waals surface area (Å²) < 4.78 is 5.23. The predicted octanol–water partition coefficient (Wildman–Crippen LogP) is 4.35. The average molecular weight is 333 g/mol. The number of nitrogens with one attached hydrogen (secondary N) is 2. The van der Waals surface area contributed by atoms with Crippen LogP contribution in [0.5, 0.6) is 5.75 Å². The number of rotatable bonds is 6. The molecule has 2 aromatic carbocycles. The number of anilines is 2. The third-order valence-corrected chi connectivity index (χ3v) is 3.79. The van der Waals surface area contributed by atoms with Gasteiger partial charge in [0.25, 0.3) is 0 Å². The molecule has 2 N–H and O–H groups in total. The van der Waals surface area contributed by atoms with Gasteiger partial charge < -0.3 is 15.4 Å². The van der Waals surface area contributed by atoms with E-state index >= 15 is 0 Å². The molecule has 0 unspecified atom stereocenters. The van der Waals surface area contributed by atoms with E-state index in [-0.39, 0.29) is 5.91 Å². The van der Waals surface area contributed by atoms with Gasteiger partial charge in [0, 0.05) is 10.7 Å². The summed E-state index contributed by atoms with van der Waals surface area (Å²) in [7, 11) is 1.55. The van der Waals surface area contributed by atoms with Crippen molar-refractivity contribution in [3.63, 3.8) is 0 Å². The Morgan fingerprint density at radius 2 is 1.91 bits per heavy atom. The maximum Gasteiger partial charge on any atom is 0.246 e. The molecule has 2 rings (SSSR count). The van der Waals surface area contributed by atoms with E-state index in [1.807, 2.05) is 24.3 Å². The maximum atomic E-state index is 12.3. The van der Waals surface area contributed by atoms with Crippen molar-refractivity contribution in [2.24, 2.45) is 0 Å². The second kappa shape index (κ2) is 7.88. The van der Waals surface area contributed by atoms with Crippen LogP contribution >= 0.6 is 11.6 Å². The molecule has 0 spiro atoms. The van der Waals surface area contributed by atoms with E-state index in [2.05, 4.69) is 17.6 Å². The summed E-state index contributed by atoms with van der Waals surface area (Å²) in [6, 6.07) is 12.8. The first-order valence-corrected chi connectivity index (χ1v) is 7.91. The molecule has 1 atom stereocenters. The number of amides is 1. The first kappa shape index (κ1) is 17.2. The molecule has 0 radical (unpaired) electrons. The fourth-order valence-corrected chi connectivity index (χ4v) is 2.34. The molecule has 0 bridgehead atoms. The largest absolute Gasteiger partial charge is 0.495 e. The van der Waals surface area contributed by atoms with Crippen molar-refractivity contribution in [1.29, 1.82) is 0 Å². The Kier molecular flexibility index (Phi) is 5.88. The van der Waals surface area contributed by atoms with Crippen LogP contribution in [0.3, 0.4) is 0 Å². The molecule has 122 valence electrons. The second-order valence-corrected chi connectivity index (χ2v) is 5.69. The van der Waals surface area contributed by atoms with Crippen LogP contribution in [0.1, 0.15) is 19.4 Å². The third kappa shape index (κ3) is 4.63. The minimum atomic E-state index is -0.397. The summed E-state index contributed by atoms with van der Waals surface area (Å²) in [5.41, 5.74) is 2.72. The van der Waals surface area contributed by atoms with Crippen molar-refractivity contribution in [2.75, 3.05) is 17.7 Å². The molecule has 0 heterocycles. The highest BCUT2D eigenvalue weighted by Gasteiger charge is 2.15. The van der Waals surface area contributed by atoms with Crippen LogP contribution < -0.4 is 15.4 Å². The first-order chi connectivity index (χ1) is 11.0. The van der Waals surface area contributed by atoms with Crippen molar-refractivity contribution < 1.29 is 9.53 Å². The van der Waals surface area contributed by atoms with E-state index in [0.717, 1.165) is 12.1 Å². The van der Waals surface area contributed by atoms with Gasteiger partial charge in [0.1, 0.15) is 11.8 Å². The number of methoxy groups -OCH3 is 1. The molecule has 4 nitrogen and oxygen atoms in total. The van der Waals surface area contributed by atoms with Gasteiger partial charge >= 0.3 is 0 Å². The number of carbonyl (C=O) groups is 1. The van der Waals surface area contributed by atoms with E-state index in [0.29, 0.717) is 16.5 Å². The monoisotopic (exact) mass is 332 g/mol. The lowest BCUT2D eigenvalue weighted by Crippen LogP contribution is -2.32. The Labute approximate surface area is 141 Å². The molecule has 5 heteroatoms. The minimum Gasteiger partial charge on any atom is -0.495 e. The van der Waals surface area contributed by atoms with Crippen molar-refractivity contribution in [3.8, 4) is 5.75 Å². The SMILES string of the molecule is CCc1ccc(N[C@H](C)C(=O)Nc2cc(Cl)ccc2OC)cc1. The Hall–Kier alpha value is -2.20. The summed E-state index contributed by atoms with van der Waals surface area (Å²) in [6.07, 6.45) is 0.991. The quantitative estimate of drug-likeness (QED) is 0.826. The highest BCUT2D eigenvalue weighted by molar-refractivity contribution is 6.31. The first-order valence-electron chi connectivity index (χ1n) is 7.53. The van der Waals surface area contributed by atoms with Crippen molar-refractivity contribution in [3.05, 3.63) is 53.1 Å². The van der Waals surface area contributed by atoms with Gasteiger partial charge in [0.05, 0.1) is 12.8 Å². The minimum absolute atomic E-state index is 0.162. The molecular weight excluding hydrogens is 312 g/mol. The normalized spacial score (nSPS) is 11.7. The zero-order valence-corrected chi connectivity index (χ0v) is 14.3. The Bertz CT molecular complexity index is 671. The molecule has 0 aliphatic heterocycles. The van der Waals surface area contributed by atoms with Crippen LogP contribution in [0, 0.1) is 0 Å².